The summed E-state index contributed by atoms with van der Waals surface area (Å²) in [6.45, 7) is 2.15. The maximum absolute atomic E-state index is 11.2. The van der Waals surface area contributed by atoms with E-state index >= 15 is 0 Å². The normalized spacial score (nSPS) is 16.0. The van der Waals surface area contributed by atoms with Crippen LogP contribution in [0.15, 0.2) is 18.2 Å². The number of benzene rings is 1. The van der Waals surface area contributed by atoms with Gasteiger partial charge in [-0.2, -0.15) is 0 Å². The van der Waals surface area contributed by atoms with Crippen molar-refractivity contribution in [3.05, 3.63) is 29.3 Å². The van der Waals surface area contributed by atoms with Crippen molar-refractivity contribution < 1.29 is 9.90 Å². The Labute approximate surface area is 109 Å². The summed E-state index contributed by atoms with van der Waals surface area (Å²) in [4.78, 5) is 11.2. The standard InChI is InChI=1S/C14H19NO.CH4O/c1-3-11-9-12(5-6-13(11)15-2)14(10-16)7-4-8-14;1-2/h5-6,9-10,15H,3-4,7-8H2,1-2H3;2H,1H3. The van der Waals surface area contributed by atoms with Crippen molar-refractivity contribution in [3.63, 3.8) is 0 Å². The maximum Gasteiger partial charge on any atom is 0.130 e. The van der Waals surface area contributed by atoms with Crippen LogP contribution in [0.2, 0.25) is 0 Å². The minimum atomic E-state index is -0.170. The summed E-state index contributed by atoms with van der Waals surface area (Å²) in [5.74, 6) is 0. The molecule has 0 spiro atoms. The molecular formula is C15H23NO2. The maximum atomic E-state index is 11.2. The number of aldehydes is 1. The van der Waals surface area contributed by atoms with Gasteiger partial charge in [-0.1, -0.05) is 25.5 Å². The molecule has 0 amide bonds. The smallest absolute Gasteiger partial charge is 0.130 e. The minimum absolute atomic E-state index is 0.170. The number of carbonyl (C=O) groups is 1. The van der Waals surface area contributed by atoms with Crippen LogP contribution >= 0.6 is 0 Å². The zero-order chi connectivity index (χ0) is 13.6. The Balaban J connectivity index is 0.000000771. The van der Waals surface area contributed by atoms with Crippen LogP contribution in [0.25, 0.3) is 0 Å². The van der Waals surface area contributed by atoms with Gasteiger partial charge in [0.25, 0.3) is 0 Å². The Morgan fingerprint density at radius 1 is 1.39 bits per heavy atom. The number of aliphatic hydroxyl groups excluding tert-OH is 1. The van der Waals surface area contributed by atoms with E-state index in [0.29, 0.717) is 0 Å². The zero-order valence-electron chi connectivity index (χ0n) is 11.5. The molecule has 0 bridgehead atoms. The first-order valence-electron chi connectivity index (χ1n) is 6.48. The third kappa shape index (κ3) is 2.56. The first-order chi connectivity index (χ1) is 8.75. The molecule has 0 unspecified atom stereocenters. The molecule has 0 saturated heterocycles. The van der Waals surface area contributed by atoms with E-state index in [1.54, 1.807) is 0 Å². The fourth-order valence-electron chi connectivity index (χ4n) is 2.47. The molecule has 18 heavy (non-hydrogen) atoms. The molecule has 0 aliphatic heterocycles. The molecule has 100 valence electrons. The van der Waals surface area contributed by atoms with Crippen molar-refractivity contribution >= 4 is 12.0 Å². The average Bonchev–Trinajstić information content (AvgIpc) is 2.40. The summed E-state index contributed by atoms with van der Waals surface area (Å²) in [7, 11) is 2.94. The Bertz CT molecular complexity index is 397. The SMILES string of the molecule is CCc1cc(C2(C=O)CCC2)ccc1NC.CO. The van der Waals surface area contributed by atoms with E-state index in [9.17, 15) is 4.79 Å². The molecule has 1 aliphatic rings. The molecule has 2 N–H and O–H groups in total. The largest absolute Gasteiger partial charge is 0.400 e. The molecule has 1 aromatic rings. The minimum Gasteiger partial charge on any atom is -0.400 e. The van der Waals surface area contributed by atoms with Gasteiger partial charge in [-0.15, -0.1) is 0 Å². The van der Waals surface area contributed by atoms with Crippen molar-refractivity contribution in [2.75, 3.05) is 19.5 Å². The average molecular weight is 249 g/mol. The van der Waals surface area contributed by atoms with Crippen LogP contribution in [-0.2, 0) is 16.6 Å². The van der Waals surface area contributed by atoms with Gasteiger partial charge in [0.2, 0.25) is 0 Å². The lowest BCUT2D eigenvalue weighted by Gasteiger charge is -2.37. The molecule has 1 aromatic carbocycles. The fraction of sp³-hybridized carbons (Fsp3) is 0.533. The van der Waals surface area contributed by atoms with E-state index < -0.39 is 0 Å². The van der Waals surface area contributed by atoms with Crippen LogP contribution in [-0.4, -0.2) is 25.6 Å². The van der Waals surface area contributed by atoms with E-state index in [-0.39, 0.29) is 5.41 Å². The first kappa shape index (κ1) is 14.7. The predicted octanol–water partition coefficient (Wildman–Crippen LogP) is 2.52. The number of hydrogen-bond acceptors (Lipinski definition) is 3. The molecule has 0 heterocycles. The Hall–Kier alpha value is -1.35. The second kappa shape index (κ2) is 6.55. The lowest BCUT2D eigenvalue weighted by molar-refractivity contribution is -0.115. The molecule has 0 aromatic heterocycles. The summed E-state index contributed by atoms with van der Waals surface area (Å²) in [6.07, 6.45) is 5.34. The quantitative estimate of drug-likeness (QED) is 0.806. The fourth-order valence-corrected chi connectivity index (χ4v) is 2.47. The van der Waals surface area contributed by atoms with Crippen LogP contribution in [0.4, 0.5) is 5.69 Å². The van der Waals surface area contributed by atoms with Gasteiger partial charge in [0, 0.05) is 19.8 Å². The molecule has 3 nitrogen and oxygen atoms in total. The zero-order valence-corrected chi connectivity index (χ0v) is 11.5. The highest BCUT2D eigenvalue weighted by atomic mass is 16.2. The third-order valence-electron chi connectivity index (χ3n) is 3.80. The second-order valence-corrected chi connectivity index (χ2v) is 4.60. The number of carbonyl (C=O) groups excluding carboxylic acids is 1. The van der Waals surface area contributed by atoms with Gasteiger partial charge in [0.05, 0.1) is 5.41 Å². The molecule has 0 radical (unpaired) electrons. The number of rotatable bonds is 4. The van der Waals surface area contributed by atoms with Crippen molar-refractivity contribution in [3.8, 4) is 0 Å². The number of aryl methyl sites for hydroxylation is 1. The van der Waals surface area contributed by atoms with E-state index in [0.717, 1.165) is 32.7 Å². The van der Waals surface area contributed by atoms with Crippen molar-refractivity contribution in [2.24, 2.45) is 0 Å². The third-order valence-corrected chi connectivity index (χ3v) is 3.80. The highest BCUT2D eigenvalue weighted by Crippen LogP contribution is 2.42. The number of hydrogen-bond donors (Lipinski definition) is 2. The van der Waals surface area contributed by atoms with Gasteiger partial charge in [-0.05, 0) is 36.5 Å². The molecular weight excluding hydrogens is 226 g/mol. The Kier molecular flexibility index (Phi) is 5.35. The number of anilines is 1. The van der Waals surface area contributed by atoms with Crippen LogP contribution < -0.4 is 5.32 Å². The highest BCUT2D eigenvalue weighted by molar-refractivity contribution is 5.71. The van der Waals surface area contributed by atoms with E-state index in [1.165, 1.54) is 23.2 Å². The van der Waals surface area contributed by atoms with Gasteiger partial charge in [-0.3, -0.25) is 0 Å². The lowest BCUT2D eigenvalue weighted by atomic mass is 9.65. The van der Waals surface area contributed by atoms with Crippen LogP contribution in [0, 0.1) is 0 Å². The topological polar surface area (TPSA) is 49.3 Å². The number of nitrogens with one attached hydrogen (secondary N) is 1. The van der Waals surface area contributed by atoms with E-state index in [2.05, 4.69) is 30.4 Å². The molecule has 1 aliphatic carbocycles. The Morgan fingerprint density at radius 2 is 2.06 bits per heavy atom. The predicted molar refractivity (Wildman–Crippen MR) is 75.1 cm³/mol. The molecule has 2 rings (SSSR count). The summed E-state index contributed by atoms with van der Waals surface area (Å²) in [5.41, 5.74) is 3.50. The van der Waals surface area contributed by atoms with Crippen molar-refractivity contribution in [1.82, 2.24) is 0 Å². The van der Waals surface area contributed by atoms with Crippen LogP contribution in [0.1, 0.15) is 37.3 Å². The van der Waals surface area contributed by atoms with Crippen molar-refractivity contribution in [2.45, 2.75) is 38.0 Å². The summed E-state index contributed by atoms with van der Waals surface area (Å²) in [6, 6.07) is 6.38. The monoisotopic (exact) mass is 249 g/mol. The van der Waals surface area contributed by atoms with Gasteiger partial charge in [0.15, 0.2) is 0 Å². The summed E-state index contributed by atoms with van der Waals surface area (Å²) in [5, 5.41) is 10.2. The lowest BCUT2D eigenvalue weighted by Crippen LogP contribution is -2.35. The van der Waals surface area contributed by atoms with E-state index in [4.69, 9.17) is 5.11 Å². The van der Waals surface area contributed by atoms with E-state index in [1.807, 2.05) is 7.05 Å². The second-order valence-electron chi connectivity index (χ2n) is 4.60. The molecule has 1 fully saturated rings. The first-order valence-corrected chi connectivity index (χ1v) is 6.48. The number of aliphatic hydroxyl groups is 1. The van der Waals surface area contributed by atoms with Gasteiger partial charge in [0.1, 0.15) is 6.29 Å². The molecule has 1 saturated carbocycles. The summed E-state index contributed by atoms with van der Waals surface area (Å²) < 4.78 is 0. The van der Waals surface area contributed by atoms with Crippen LogP contribution in [0.3, 0.4) is 0 Å². The molecule has 3 heteroatoms. The summed E-state index contributed by atoms with van der Waals surface area (Å²) >= 11 is 0. The van der Waals surface area contributed by atoms with Gasteiger partial charge < -0.3 is 15.2 Å². The van der Waals surface area contributed by atoms with Crippen LogP contribution in [0.5, 0.6) is 0 Å². The Morgan fingerprint density at radius 3 is 2.44 bits per heavy atom. The van der Waals surface area contributed by atoms with Gasteiger partial charge >= 0.3 is 0 Å². The van der Waals surface area contributed by atoms with Gasteiger partial charge in [-0.25, -0.2) is 0 Å². The highest BCUT2D eigenvalue weighted by Gasteiger charge is 2.38. The van der Waals surface area contributed by atoms with Crippen molar-refractivity contribution in [1.29, 1.82) is 0 Å². The molecule has 0 atom stereocenters.